The molecule has 2 saturated heterocycles. The highest BCUT2D eigenvalue weighted by Crippen LogP contribution is 2.39. The summed E-state index contributed by atoms with van der Waals surface area (Å²) in [6.07, 6.45) is 10.8. The Morgan fingerprint density at radius 2 is 1.06 bits per heavy atom. The van der Waals surface area contributed by atoms with Crippen molar-refractivity contribution in [3.63, 3.8) is 0 Å². The zero-order chi connectivity index (χ0) is 26.9. The van der Waals surface area contributed by atoms with Crippen molar-refractivity contribution >= 4 is 17.1 Å². The number of rotatable bonds is 7. The average Bonchev–Trinajstić information content (AvgIpc) is 3.13. The SMILES string of the molecule is C[N+]1(CC(O)C[N+]2(C)CCCCCC2)CCCCCC1.O=[N+]([O-])c1cc([N+](=O)[O-])c(O)c([N+](=O)[O-])c1. The molecule has 0 amide bonds. The number of aliphatic hydroxyl groups is 1. The van der Waals surface area contributed by atoms with Crippen LogP contribution in [0.3, 0.4) is 0 Å². The summed E-state index contributed by atoms with van der Waals surface area (Å²) in [5.74, 6) is -1.21. The molecule has 0 atom stereocenters. The summed E-state index contributed by atoms with van der Waals surface area (Å²) < 4.78 is 2.20. The van der Waals surface area contributed by atoms with E-state index >= 15 is 0 Å². The maximum atomic E-state index is 10.6. The number of aromatic hydroxyl groups is 1. The molecule has 36 heavy (non-hydrogen) atoms. The molecule has 2 heterocycles. The Balaban J connectivity index is 0.000000261. The van der Waals surface area contributed by atoms with E-state index in [4.69, 9.17) is 5.11 Å². The first-order valence-corrected chi connectivity index (χ1v) is 12.5. The molecule has 13 nitrogen and oxygen atoms in total. The van der Waals surface area contributed by atoms with E-state index in [1.165, 1.54) is 77.5 Å². The van der Waals surface area contributed by atoms with Gasteiger partial charge < -0.3 is 19.2 Å². The van der Waals surface area contributed by atoms with Gasteiger partial charge in [-0.3, -0.25) is 30.3 Å². The van der Waals surface area contributed by atoms with Gasteiger partial charge in [-0.05, 0) is 51.4 Å². The molecule has 0 unspecified atom stereocenters. The summed E-state index contributed by atoms with van der Waals surface area (Å²) in [6.45, 7) is 6.99. The van der Waals surface area contributed by atoms with Crippen LogP contribution in [0.5, 0.6) is 5.75 Å². The molecule has 1 aromatic carbocycles. The molecule has 3 rings (SSSR count). The van der Waals surface area contributed by atoms with E-state index in [1.54, 1.807) is 0 Å². The van der Waals surface area contributed by atoms with E-state index < -0.39 is 37.6 Å². The molecule has 0 saturated carbocycles. The minimum Gasteiger partial charge on any atom is -0.497 e. The Labute approximate surface area is 210 Å². The zero-order valence-electron chi connectivity index (χ0n) is 21.2. The van der Waals surface area contributed by atoms with Crippen LogP contribution >= 0.6 is 0 Å². The van der Waals surface area contributed by atoms with E-state index in [2.05, 4.69) is 14.1 Å². The summed E-state index contributed by atoms with van der Waals surface area (Å²) in [7, 11) is 4.72. The normalized spacial score (nSPS) is 19.3. The van der Waals surface area contributed by atoms with Crippen molar-refractivity contribution in [2.45, 2.75) is 57.5 Å². The van der Waals surface area contributed by atoms with Crippen LogP contribution in [-0.4, -0.2) is 93.4 Å². The minimum absolute atomic E-state index is 0.124. The number of hydrogen-bond acceptors (Lipinski definition) is 8. The van der Waals surface area contributed by atoms with Crippen LogP contribution in [0.1, 0.15) is 51.4 Å². The Morgan fingerprint density at radius 3 is 1.33 bits per heavy atom. The van der Waals surface area contributed by atoms with E-state index in [9.17, 15) is 35.4 Å². The first-order chi connectivity index (χ1) is 16.9. The predicted molar refractivity (Wildman–Crippen MR) is 133 cm³/mol. The molecule has 0 spiro atoms. The maximum Gasteiger partial charge on any atom is 0.324 e. The number of nitro groups is 3. The fraction of sp³-hybridized carbons (Fsp3) is 0.739. The third-order valence-corrected chi connectivity index (χ3v) is 7.25. The van der Waals surface area contributed by atoms with Gasteiger partial charge in [0.2, 0.25) is 0 Å². The number of phenolic OH excluding ortho intramolecular Hbond substituents is 1. The van der Waals surface area contributed by atoms with Gasteiger partial charge in [0, 0.05) is 0 Å². The summed E-state index contributed by atoms with van der Waals surface area (Å²) in [5, 5.41) is 50.9. The Kier molecular flexibility index (Phi) is 10.5. The van der Waals surface area contributed by atoms with E-state index in [1.807, 2.05) is 0 Å². The molecule has 0 radical (unpaired) electrons. The predicted octanol–water partition coefficient (Wildman–Crippen LogP) is 3.51. The largest absolute Gasteiger partial charge is 0.497 e. The number of likely N-dealkylation sites (N-methyl/N-ethyl adjacent to an activating group) is 2. The number of quaternary nitrogens is 2. The quantitative estimate of drug-likeness (QED) is 0.317. The van der Waals surface area contributed by atoms with Crippen LogP contribution in [0.15, 0.2) is 12.1 Å². The van der Waals surface area contributed by atoms with Crippen molar-refractivity contribution in [3.05, 3.63) is 42.5 Å². The van der Waals surface area contributed by atoms with Crippen molar-refractivity contribution in [3.8, 4) is 5.75 Å². The molecule has 0 bridgehead atoms. The van der Waals surface area contributed by atoms with E-state index in [-0.39, 0.29) is 6.10 Å². The molecule has 202 valence electrons. The van der Waals surface area contributed by atoms with E-state index in [0.29, 0.717) is 12.1 Å². The number of non-ortho nitro benzene ring substituents is 1. The lowest BCUT2D eigenvalue weighted by Crippen LogP contribution is -2.56. The highest BCUT2D eigenvalue weighted by atomic mass is 16.6. The first-order valence-electron chi connectivity index (χ1n) is 12.5. The molecule has 2 fully saturated rings. The molecule has 2 aliphatic heterocycles. The second kappa shape index (κ2) is 12.9. The lowest BCUT2D eigenvalue weighted by Gasteiger charge is -2.39. The number of aliphatic hydroxyl groups excluding tert-OH is 1. The Morgan fingerprint density at radius 1 is 0.722 bits per heavy atom. The van der Waals surface area contributed by atoms with Gasteiger partial charge in [0.25, 0.3) is 11.4 Å². The number of phenols is 1. The van der Waals surface area contributed by atoms with Crippen LogP contribution in [0.2, 0.25) is 0 Å². The molecule has 2 N–H and O–H groups in total. The molecule has 13 heteroatoms. The Hall–Kier alpha value is -2.90. The molecular formula is C23H39N5O8+2. The lowest BCUT2D eigenvalue weighted by atomic mass is 10.2. The number of nitro benzene ring substituents is 3. The summed E-state index contributed by atoms with van der Waals surface area (Å²) in [5.41, 5.74) is -3.00. The van der Waals surface area contributed by atoms with Crippen LogP contribution in [-0.2, 0) is 0 Å². The monoisotopic (exact) mass is 513 g/mol. The molecule has 1 aromatic rings. The van der Waals surface area contributed by atoms with Gasteiger partial charge in [-0.2, -0.15) is 0 Å². The topological polar surface area (TPSA) is 170 Å². The highest BCUT2D eigenvalue weighted by Gasteiger charge is 2.33. The standard InChI is InChI=1S/C17H36N2O.C6H3N3O7/c1-18(11-7-3-4-8-12-18)15-17(20)16-19(2)13-9-5-6-10-14-19;10-6-4(8(13)14)1-3(7(11)12)2-5(6)9(15)16/h17,20H,3-16H2,1-2H3;1-2,10H/q+2;. The van der Waals surface area contributed by atoms with Gasteiger partial charge in [-0.1, -0.05) is 0 Å². The smallest absolute Gasteiger partial charge is 0.324 e. The number of hydrogen-bond donors (Lipinski definition) is 2. The average molecular weight is 514 g/mol. The number of benzene rings is 1. The van der Waals surface area contributed by atoms with Gasteiger partial charge in [-0.15, -0.1) is 0 Å². The molecular weight excluding hydrogens is 474 g/mol. The summed E-state index contributed by atoms with van der Waals surface area (Å²) in [6, 6.07) is 0.894. The van der Waals surface area contributed by atoms with Crippen molar-refractivity contribution < 1.29 is 33.9 Å². The first kappa shape index (κ1) is 29.3. The molecule has 0 aromatic heterocycles. The van der Waals surface area contributed by atoms with Crippen molar-refractivity contribution in [1.82, 2.24) is 0 Å². The van der Waals surface area contributed by atoms with Crippen molar-refractivity contribution in [1.29, 1.82) is 0 Å². The Bertz CT molecular complexity index is 862. The minimum atomic E-state index is -1.21. The summed E-state index contributed by atoms with van der Waals surface area (Å²) in [4.78, 5) is 27.8. The van der Waals surface area contributed by atoms with Crippen LogP contribution in [0.25, 0.3) is 0 Å². The fourth-order valence-electron chi connectivity index (χ4n) is 5.32. The van der Waals surface area contributed by atoms with Gasteiger partial charge >= 0.3 is 11.4 Å². The number of nitrogens with zero attached hydrogens (tertiary/aromatic N) is 5. The van der Waals surface area contributed by atoms with Crippen LogP contribution in [0.4, 0.5) is 17.1 Å². The van der Waals surface area contributed by atoms with Crippen molar-refractivity contribution in [2.24, 2.45) is 0 Å². The lowest BCUT2D eigenvalue weighted by molar-refractivity contribution is -0.932. The fourth-order valence-corrected chi connectivity index (χ4v) is 5.32. The van der Waals surface area contributed by atoms with Gasteiger partial charge in [-0.25, -0.2) is 0 Å². The zero-order valence-corrected chi connectivity index (χ0v) is 21.2. The second-order valence-electron chi connectivity index (χ2n) is 10.6. The maximum absolute atomic E-state index is 10.6. The second-order valence-corrected chi connectivity index (χ2v) is 10.6. The third kappa shape index (κ3) is 8.64. The highest BCUT2D eigenvalue weighted by molar-refractivity contribution is 5.64. The molecule has 2 aliphatic rings. The molecule has 0 aliphatic carbocycles. The van der Waals surface area contributed by atoms with Crippen molar-refractivity contribution in [2.75, 3.05) is 53.4 Å². The van der Waals surface area contributed by atoms with Gasteiger partial charge in [0.15, 0.2) is 6.10 Å². The van der Waals surface area contributed by atoms with Gasteiger partial charge in [0.1, 0.15) is 13.1 Å². The van der Waals surface area contributed by atoms with Crippen LogP contribution < -0.4 is 0 Å². The van der Waals surface area contributed by atoms with Gasteiger partial charge in [0.05, 0.1) is 67.2 Å². The van der Waals surface area contributed by atoms with E-state index in [0.717, 1.165) is 22.1 Å². The third-order valence-electron chi connectivity index (χ3n) is 7.25. The number of likely N-dealkylation sites (tertiary alicyclic amines) is 2. The van der Waals surface area contributed by atoms with Crippen LogP contribution in [0, 0.1) is 30.3 Å². The summed E-state index contributed by atoms with van der Waals surface area (Å²) >= 11 is 0.